The third-order valence-corrected chi connectivity index (χ3v) is 1.79. The Hall–Kier alpha value is -1.29. The fourth-order valence-electron chi connectivity index (χ4n) is 1.20. The van der Waals surface area contributed by atoms with Crippen molar-refractivity contribution in [2.75, 3.05) is 18.9 Å². The maximum atomic E-state index is 12.9. The molecule has 1 aromatic rings. The van der Waals surface area contributed by atoms with Crippen LogP contribution in [0.3, 0.4) is 0 Å². The van der Waals surface area contributed by atoms with Gasteiger partial charge in [-0.1, -0.05) is 0 Å². The SMILES string of the molecule is CCOCC(C)Oc1cc(N)cc(F)c1. The number of hydrogen-bond acceptors (Lipinski definition) is 3. The van der Waals surface area contributed by atoms with Crippen molar-refractivity contribution < 1.29 is 13.9 Å². The van der Waals surface area contributed by atoms with Gasteiger partial charge in [-0.25, -0.2) is 4.39 Å². The molecule has 0 aliphatic rings. The number of ether oxygens (including phenoxy) is 2. The number of rotatable bonds is 5. The number of nitrogens with two attached hydrogens (primary N) is 1. The topological polar surface area (TPSA) is 44.5 Å². The molecule has 4 heteroatoms. The lowest BCUT2D eigenvalue weighted by molar-refractivity contribution is 0.0656. The van der Waals surface area contributed by atoms with E-state index in [1.54, 1.807) is 6.07 Å². The Balaban J connectivity index is 2.56. The van der Waals surface area contributed by atoms with Crippen LogP contribution in [0.2, 0.25) is 0 Å². The highest BCUT2D eigenvalue weighted by molar-refractivity contribution is 5.44. The first kappa shape index (κ1) is 11.8. The molecule has 1 aromatic carbocycles. The van der Waals surface area contributed by atoms with Gasteiger partial charge in [0.05, 0.1) is 6.61 Å². The molecule has 15 heavy (non-hydrogen) atoms. The quantitative estimate of drug-likeness (QED) is 0.763. The average molecular weight is 213 g/mol. The molecular weight excluding hydrogens is 197 g/mol. The second kappa shape index (κ2) is 5.56. The standard InChI is InChI=1S/C11H16FNO2/c1-3-14-7-8(2)15-11-5-9(12)4-10(13)6-11/h4-6,8H,3,7,13H2,1-2H3. The molecule has 0 fully saturated rings. The van der Waals surface area contributed by atoms with Crippen LogP contribution >= 0.6 is 0 Å². The van der Waals surface area contributed by atoms with Gasteiger partial charge in [0.1, 0.15) is 17.7 Å². The molecule has 0 aliphatic carbocycles. The summed E-state index contributed by atoms with van der Waals surface area (Å²) in [6.07, 6.45) is -0.119. The Labute approximate surface area is 89.0 Å². The summed E-state index contributed by atoms with van der Waals surface area (Å²) in [7, 11) is 0. The van der Waals surface area contributed by atoms with Crippen molar-refractivity contribution in [2.24, 2.45) is 0 Å². The Bertz CT molecular complexity index is 297. The highest BCUT2D eigenvalue weighted by Crippen LogP contribution is 2.18. The van der Waals surface area contributed by atoms with E-state index in [9.17, 15) is 4.39 Å². The van der Waals surface area contributed by atoms with Gasteiger partial charge < -0.3 is 15.2 Å². The smallest absolute Gasteiger partial charge is 0.128 e. The summed E-state index contributed by atoms with van der Waals surface area (Å²) in [6.45, 7) is 4.88. The lowest BCUT2D eigenvalue weighted by Crippen LogP contribution is -2.19. The molecule has 1 rings (SSSR count). The second-order valence-corrected chi connectivity index (χ2v) is 3.31. The lowest BCUT2D eigenvalue weighted by Gasteiger charge is -2.14. The fourth-order valence-corrected chi connectivity index (χ4v) is 1.20. The first-order valence-corrected chi connectivity index (χ1v) is 4.92. The molecule has 0 heterocycles. The highest BCUT2D eigenvalue weighted by atomic mass is 19.1. The van der Waals surface area contributed by atoms with E-state index >= 15 is 0 Å². The maximum absolute atomic E-state index is 12.9. The number of anilines is 1. The van der Waals surface area contributed by atoms with Crippen LogP contribution < -0.4 is 10.5 Å². The van der Waals surface area contributed by atoms with Gasteiger partial charge in [0.25, 0.3) is 0 Å². The molecule has 1 atom stereocenters. The van der Waals surface area contributed by atoms with Crippen LogP contribution in [-0.4, -0.2) is 19.3 Å². The molecule has 0 saturated heterocycles. The van der Waals surface area contributed by atoms with Crippen molar-refractivity contribution in [3.05, 3.63) is 24.0 Å². The third-order valence-electron chi connectivity index (χ3n) is 1.79. The van der Waals surface area contributed by atoms with Crippen LogP contribution in [0.25, 0.3) is 0 Å². The molecule has 1 unspecified atom stereocenters. The summed E-state index contributed by atoms with van der Waals surface area (Å²) >= 11 is 0. The number of benzene rings is 1. The fraction of sp³-hybridized carbons (Fsp3) is 0.455. The Morgan fingerprint density at radius 2 is 2.13 bits per heavy atom. The van der Waals surface area contributed by atoms with Crippen molar-refractivity contribution in [2.45, 2.75) is 20.0 Å². The van der Waals surface area contributed by atoms with Gasteiger partial charge in [-0.05, 0) is 19.9 Å². The molecule has 84 valence electrons. The molecule has 0 amide bonds. The van der Waals surface area contributed by atoms with Crippen LogP contribution in [0.5, 0.6) is 5.75 Å². The summed E-state index contributed by atoms with van der Waals surface area (Å²) in [5, 5.41) is 0. The zero-order valence-corrected chi connectivity index (χ0v) is 9.00. The highest BCUT2D eigenvalue weighted by Gasteiger charge is 2.05. The molecule has 3 nitrogen and oxygen atoms in total. The summed E-state index contributed by atoms with van der Waals surface area (Å²) in [5.41, 5.74) is 5.84. The molecule has 0 saturated carbocycles. The lowest BCUT2D eigenvalue weighted by atomic mass is 10.3. The van der Waals surface area contributed by atoms with E-state index < -0.39 is 5.82 Å². The minimum Gasteiger partial charge on any atom is -0.488 e. The average Bonchev–Trinajstić information content (AvgIpc) is 2.13. The first-order chi connectivity index (χ1) is 7.11. The van der Waals surface area contributed by atoms with Crippen molar-refractivity contribution in [1.29, 1.82) is 0 Å². The van der Waals surface area contributed by atoms with Crippen molar-refractivity contribution in [1.82, 2.24) is 0 Å². The zero-order chi connectivity index (χ0) is 11.3. The minimum atomic E-state index is -0.395. The van der Waals surface area contributed by atoms with E-state index in [1.165, 1.54) is 12.1 Å². The predicted molar refractivity (Wildman–Crippen MR) is 57.4 cm³/mol. The monoisotopic (exact) mass is 213 g/mol. The van der Waals surface area contributed by atoms with Gasteiger partial charge >= 0.3 is 0 Å². The Morgan fingerprint density at radius 3 is 2.73 bits per heavy atom. The van der Waals surface area contributed by atoms with E-state index in [-0.39, 0.29) is 6.10 Å². The minimum absolute atomic E-state index is 0.119. The summed E-state index contributed by atoms with van der Waals surface area (Å²) in [6, 6.07) is 4.14. The molecule has 0 radical (unpaired) electrons. The molecule has 0 aromatic heterocycles. The van der Waals surface area contributed by atoms with E-state index in [2.05, 4.69) is 0 Å². The summed E-state index contributed by atoms with van der Waals surface area (Å²) in [4.78, 5) is 0. The number of halogens is 1. The van der Waals surface area contributed by atoms with Gasteiger partial charge in [-0.3, -0.25) is 0 Å². The van der Waals surface area contributed by atoms with Gasteiger partial charge in [0, 0.05) is 24.4 Å². The molecule has 0 spiro atoms. The van der Waals surface area contributed by atoms with Crippen LogP contribution in [0.1, 0.15) is 13.8 Å². The van der Waals surface area contributed by atoms with Gasteiger partial charge in [0.2, 0.25) is 0 Å². The number of nitrogen functional groups attached to an aromatic ring is 1. The van der Waals surface area contributed by atoms with E-state index in [4.69, 9.17) is 15.2 Å². The van der Waals surface area contributed by atoms with Crippen LogP contribution in [0.4, 0.5) is 10.1 Å². The van der Waals surface area contributed by atoms with Crippen molar-refractivity contribution in [3.8, 4) is 5.75 Å². The molecule has 0 bridgehead atoms. The summed E-state index contributed by atoms with van der Waals surface area (Å²) in [5.74, 6) is 0.0355. The normalized spacial score (nSPS) is 12.5. The maximum Gasteiger partial charge on any atom is 0.128 e. The van der Waals surface area contributed by atoms with E-state index in [1.807, 2.05) is 13.8 Å². The predicted octanol–water partition coefficient (Wildman–Crippen LogP) is 2.21. The first-order valence-electron chi connectivity index (χ1n) is 4.92. The van der Waals surface area contributed by atoms with Gasteiger partial charge in [0.15, 0.2) is 0 Å². The molecule has 0 aliphatic heterocycles. The number of hydrogen-bond donors (Lipinski definition) is 1. The largest absolute Gasteiger partial charge is 0.488 e. The molecule has 2 N–H and O–H groups in total. The van der Waals surface area contributed by atoms with Crippen LogP contribution in [0.15, 0.2) is 18.2 Å². The zero-order valence-electron chi connectivity index (χ0n) is 9.00. The third kappa shape index (κ3) is 4.16. The Kier molecular flexibility index (Phi) is 4.37. The van der Waals surface area contributed by atoms with Crippen LogP contribution in [-0.2, 0) is 4.74 Å². The van der Waals surface area contributed by atoms with Gasteiger partial charge in [-0.2, -0.15) is 0 Å². The Morgan fingerprint density at radius 1 is 1.40 bits per heavy atom. The van der Waals surface area contributed by atoms with Crippen LogP contribution in [0, 0.1) is 5.82 Å². The van der Waals surface area contributed by atoms with E-state index in [0.29, 0.717) is 24.7 Å². The van der Waals surface area contributed by atoms with Gasteiger partial charge in [-0.15, -0.1) is 0 Å². The van der Waals surface area contributed by atoms with Crippen molar-refractivity contribution in [3.63, 3.8) is 0 Å². The van der Waals surface area contributed by atoms with E-state index in [0.717, 1.165) is 0 Å². The van der Waals surface area contributed by atoms with Crippen molar-refractivity contribution >= 4 is 5.69 Å². The summed E-state index contributed by atoms with van der Waals surface area (Å²) < 4.78 is 23.6. The second-order valence-electron chi connectivity index (χ2n) is 3.31. The molecular formula is C11H16FNO2.